The van der Waals surface area contributed by atoms with Crippen LogP contribution in [0.5, 0.6) is 0 Å². The van der Waals surface area contributed by atoms with Crippen LogP contribution in [-0.4, -0.2) is 40.4 Å². The fourth-order valence-corrected chi connectivity index (χ4v) is 2.14. The van der Waals surface area contributed by atoms with Crippen molar-refractivity contribution < 1.29 is 19.8 Å². The Kier molecular flexibility index (Phi) is 4.74. The van der Waals surface area contributed by atoms with Gasteiger partial charge in [-0.3, -0.25) is 0 Å². The Labute approximate surface area is 100 Å². The van der Waals surface area contributed by atoms with Crippen molar-refractivity contribution in [1.29, 1.82) is 0 Å². The van der Waals surface area contributed by atoms with Crippen LogP contribution >= 0.6 is 0 Å². The average Bonchev–Trinajstić information content (AvgIpc) is 2.63. The number of carboxylic acids is 1. The average molecular weight is 244 g/mol. The predicted molar refractivity (Wildman–Crippen MR) is 61.7 cm³/mol. The zero-order valence-corrected chi connectivity index (χ0v) is 10.0. The molecule has 0 radical (unpaired) electrons. The SMILES string of the molecule is CC1(NC(=O)N[C@@H](CCO)C(=O)O)CCCC1. The lowest BCUT2D eigenvalue weighted by Gasteiger charge is -2.26. The second kappa shape index (κ2) is 5.86. The normalized spacial score (nSPS) is 19.6. The van der Waals surface area contributed by atoms with Crippen molar-refractivity contribution in [2.75, 3.05) is 6.61 Å². The highest BCUT2D eigenvalue weighted by atomic mass is 16.4. The highest BCUT2D eigenvalue weighted by Crippen LogP contribution is 2.28. The van der Waals surface area contributed by atoms with Gasteiger partial charge in [-0.05, 0) is 19.8 Å². The molecule has 1 atom stereocenters. The Balaban J connectivity index is 2.44. The van der Waals surface area contributed by atoms with Crippen LogP contribution in [0.25, 0.3) is 0 Å². The summed E-state index contributed by atoms with van der Waals surface area (Å²) >= 11 is 0. The number of aliphatic hydroxyl groups is 1. The van der Waals surface area contributed by atoms with E-state index < -0.39 is 18.0 Å². The smallest absolute Gasteiger partial charge is 0.326 e. The number of carboxylic acid groups (broad SMARTS) is 1. The number of carbonyl (C=O) groups is 2. The molecule has 4 N–H and O–H groups in total. The molecule has 0 bridgehead atoms. The van der Waals surface area contributed by atoms with Crippen LogP contribution in [0.15, 0.2) is 0 Å². The van der Waals surface area contributed by atoms with Gasteiger partial charge in [0.25, 0.3) is 0 Å². The molecule has 6 nitrogen and oxygen atoms in total. The summed E-state index contributed by atoms with van der Waals surface area (Å²) in [6.45, 7) is 1.69. The minimum atomic E-state index is -1.13. The number of aliphatic hydroxyl groups excluding tert-OH is 1. The second-order valence-corrected chi connectivity index (χ2v) is 4.77. The molecule has 0 aliphatic heterocycles. The van der Waals surface area contributed by atoms with Gasteiger partial charge in [0.2, 0.25) is 0 Å². The van der Waals surface area contributed by atoms with Gasteiger partial charge >= 0.3 is 12.0 Å². The van der Waals surface area contributed by atoms with E-state index in [1.807, 2.05) is 6.92 Å². The van der Waals surface area contributed by atoms with Crippen LogP contribution in [0.3, 0.4) is 0 Å². The molecule has 0 aromatic carbocycles. The molecule has 17 heavy (non-hydrogen) atoms. The highest BCUT2D eigenvalue weighted by molar-refractivity contribution is 5.82. The van der Waals surface area contributed by atoms with E-state index in [1.54, 1.807) is 0 Å². The molecular weight excluding hydrogens is 224 g/mol. The molecule has 0 unspecified atom stereocenters. The Hall–Kier alpha value is -1.30. The summed E-state index contributed by atoms with van der Waals surface area (Å²) in [5.41, 5.74) is -0.230. The Morgan fingerprint density at radius 1 is 1.35 bits per heavy atom. The van der Waals surface area contributed by atoms with Crippen molar-refractivity contribution >= 4 is 12.0 Å². The lowest BCUT2D eigenvalue weighted by atomic mass is 10.0. The van der Waals surface area contributed by atoms with E-state index in [0.717, 1.165) is 25.7 Å². The topological polar surface area (TPSA) is 98.7 Å². The van der Waals surface area contributed by atoms with Gasteiger partial charge in [-0.2, -0.15) is 0 Å². The van der Waals surface area contributed by atoms with Gasteiger partial charge in [-0.15, -0.1) is 0 Å². The van der Waals surface area contributed by atoms with Crippen LogP contribution in [-0.2, 0) is 4.79 Å². The van der Waals surface area contributed by atoms with E-state index in [1.165, 1.54) is 0 Å². The van der Waals surface area contributed by atoms with E-state index in [2.05, 4.69) is 10.6 Å². The Bertz CT molecular complexity index is 287. The first-order valence-electron chi connectivity index (χ1n) is 5.89. The van der Waals surface area contributed by atoms with Gasteiger partial charge in [0.05, 0.1) is 0 Å². The zero-order valence-electron chi connectivity index (χ0n) is 10.0. The number of hydrogen-bond donors (Lipinski definition) is 4. The van der Waals surface area contributed by atoms with Crippen LogP contribution < -0.4 is 10.6 Å². The standard InChI is InChI=1S/C11H20N2O4/c1-11(5-2-3-6-11)13-10(17)12-8(4-7-14)9(15)16/h8,14H,2-7H2,1H3,(H,15,16)(H2,12,13,17)/t8-/m0/s1. The quantitative estimate of drug-likeness (QED) is 0.564. The summed E-state index contributed by atoms with van der Waals surface area (Å²) in [5.74, 6) is -1.13. The third-order valence-electron chi connectivity index (χ3n) is 3.14. The maximum Gasteiger partial charge on any atom is 0.326 e. The summed E-state index contributed by atoms with van der Waals surface area (Å²) in [7, 11) is 0. The molecule has 1 rings (SSSR count). The molecule has 1 aliphatic rings. The molecule has 1 fully saturated rings. The maximum atomic E-state index is 11.6. The molecule has 0 heterocycles. The van der Waals surface area contributed by atoms with Crippen molar-refractivity contribution in [2.24, 2.45) is 0 Å². The largest absolute Gasteiger partial charge is 0.480 e. The van der Waals surface area contributed by atoms with Gasteiger partial charge in [0.1, 0.15) is 6.04 Å². The van der Waals surface area contributed by atoms with E-state index in [4.69, 9.17) is 10.2 Å². The monoisotopic (exact) mass is 244 g/mol. The van der Waals surface area contributed by atoms with Gasteiger partial charge < -0.3 is 20.8 Å². The van der Waals surface area contributed by atoms with Crippen molar-refractivity contribution in [3.63, 3.8) is 0 Å². The first-order chi connectivity index (χ1) is 7.97. The minimum absolute atomic E-state index is 0.0134. The first kappa shape index (κ1) is 13.8. The fourth-order valence-electron chi connectivity index (χ4n) is 2.14. The van der Waals surface area contributed by atoms with Gasteiger partial charge in [-0.25, -0.2) is 9.59 Å². The molecule has 1 saturated carbocycles. The van der Waals surface area contributed by atoms with Crippen LogP contribution in [0, 0.1) is 0 Å². The highest BCUT2D eigenvalue weighted by Gasteiger charge is 2.31. The first-order valence-corrected chi connectivity index (χ1v) is 5.89. The van der Waals surface area contributed by atoms with Crippen LogP contribution in [0.4, 0.5) is 4.79 Å². The number of amides is 2. The van der Waals surface area contributed by atoms with E-state index in [9.17, 15) is 9.59 Å². The van der Waals surface area contributed by atoms with Crippen molar-refractivity contribution in [2.45, 2.75) is 50.6 Å². The molecule has 6 heteroatoms. The molecule has 2 amide bonds. The summed E-state index contributed by atoms with van der Waals surface area (Å²) < 4.78 is 0. The number of carbonyl (C=O) groups excluding carboxylic acids is 1. The molecule has 0 saturated heterocycles. The van der Waals surface area contributed by atoms with Crippen LogP contribution in [0.1, 0.15) is 39.0 Å². The molecule has 0 aromatic heterocycles. The molecule has 1 aliphatic carbocycles. The van der Waals surface area contributed by atoms with E-state index >= 15 is 0 Å². The van der Waals surface area contributed by atoms with E-state index in [-0.39, 0.29) is 18.6 Å². The third kappa shape index (κ3) is 4.22. The van der Waals surface area contributed by atoms with Crippen LogP contribution in [0.2, 0.25) is 0 Å². The Morgan fingerprint density at radius 3 is 2.41 bits per heavy atom. The maximum absolute atomic E-state index is 11.6. The summed E-state index contributed by atoms with van der Waals surface area (Å²) in [4.78, 5) is 22.4. The van der Waals surface area contributed by atoms with Crippen molar-refractivity contribution in [3.05, 3.63) is 0 Å². The molecule has 98 valence electrons. The number of rotatable bonds is 5. The lowest BCUT2D eigenvalue weighted by molar-refractivity contribution is -0.139. The summed E-state index contributed by atoms with van der Waals surface area (Å²) in [6, 6.07) is -1.51. The summed E-state index contributed by atoms with van der Waals surface area (Å²) in [6.07, 6.45) is 4.00. The minimum Gasteiger partial charge on any atom is -0.480 e. The number of aliphatic carboxylic acids is 1. The lowest BCUT2D eigenvalue weighted by Crippen LogP contribution is -2.53. The molecular formula is C11H20N2O4. The van der Waals surface area contributed by atoms with Crippen molar-refractivity contribution in [3.8, 4) is 0 Å². The third-order valence-corrected chi connectivity index (χ3v) is 3.14. The van der Waals surface area contributed by atoms with Gasteiger partial charge in [-0.1, -0.05) is 12.8 Å². The van der Waals surface area contributed by atoms with E-state index in [0.29, 0.717) is 0 Å². The summed E-state index contributed by atoms with van der Waals surface area (Å²) in [5, 5.41) is 22.7. The zero-order chi connectivity index (χ0) is 12.9. The van der Waals surface area contributed by atoms with Gasteiger partial charge in [0, 0.05) is 18.6 Å². The number of urea groups is 1. The Morgan fingerprint density at radius 2 is 1.94 bits per heavy atom. The second-order valence-electron chi connectivity index (χ2n) is 4.77. The van der Waals surface area contributed by atoms with Crippen molar-refractivity contribution in [1.82, 2.24) is 10.6 Å². The number of nitrogens with one attached hydrogen (secondary N) is 2. The fraction of sp³-hybridized carbons (Fsp3) is 0.818. The predicted octanol–water partition coefficient (Wildman–Crippen LogP) is 0.454. The van der Waals surface area contributed by atoms with Gasteiger partial charge in [0.15, 0.2) is 0 Å². The molecule has 0 spiro atoms. The molecule has 0 aromatic rings. The number of hydrogen-bond acceptors (Lipinski definition) is 3.